The van der Waals surface area contributed by atoms with Crippen LogP contribution in [0.4, 0.5) is 0 Å². The predicted molar refractivity (Wildman–Crippen MR) is 31.0 cm³/mol. The monoisotopic (exact) mass is 128 g/mol. The summed E-state index contributed by atoms with van der Waals surface area (Å²) in [5.41, 5.74) is 0.336. The molecule has 9 heavy (non-hydrogen) atoms. The second-order valence-electron chi connectivity index (χ2n) is 2.13. The van der Waals surface area contributed by atoms with Crippen LogP contribution in [0.15, 0.2) is 11.6 Å². The van der Waals surface area contributed by atoms with Gasteiger partial charge < -0.3 is 10.2 Å². The van der Waals surface area contributed by atoms with E-state index < -0.39 is 12.1 Å². The van der Waals surface area contributed by atoms with Gasteiger partial charge in [-0.15, -0.1) is 0 Å². The van der Waals surface area contributed by atoms with E-state index in [0.717, 1.165) is 0 Å². The first kappa shape index (κ1) is 6.29. The SMILES string of the molecule is O=C(O)C1=CC[C@@H](O)C1. The van der Waals surface area contributed by atoms with Crippen LogP contribution in [-0.2, 0) is 4.79 Å². The number of aliphatic hydroxyl groups is 1. The van der Waals surface area contributed by atoms with Crippen LogP contribution in [0.5, 0.6) is 0 Å². The zero-order valence-corrected chi connectivity index (χ0v) is 4.87. The Balaban J connectivity index is 2.55. The average Bonchev–Trinajstić information content (AvgIpc) is 2.14. The van der Waals surface area contributed by atoms with Gasteiger partial charge >= 0.3 is 5.97 Å². The lowest BCUT2D eigenvalue weighted by molar-refractivity contribution is -0.132. The van der Waals surface area contributed by atoms with Crippen molar-refractivity contribution in [3.05, 3.63) is 11.6 Å². The molecule has 1 rings (SSSR count). The minimum Gasteiger partial charge on any atom is -0.478 e. The fourth-order valence-electron chi connectivity index (χ4n) is 0.873. The van der Waals surface area contributed by atoms with Crippen molar-refractivity contribution in [2.24, 2.45) is 0 Å². The van der Waals surface area contributed by atoms with Crippen molar-refractivity contribution in [1.82, 2.24) is 0 Å². The van der Waals surface area contributed by atoms with Gasteiger partial charge in [-0.2, -0.15) is 0 Å². The number of rotatable bonds is 1. The summed E-state index contributed by atoms with van der Waals surface area (Å²) in [4.78, 5) is 10.2. The summed E-state index contributed by atoms with van der Waals surface area (Å²) in [5.74, 6) is -0.911. The van der Waals surface area contributed by atoms with Crippen LogP contribution >= 0.6 is 0 Å². The van der Waals surface area contributed by atoms with Gasteiger partial charge in [0, 0.05) is 12.0 Å². The quantitative estimate of drug-likeness (QED) is 0.528. The van der Waals surface area contributed by atoms with Crippen LogP contribution in [0.1, 0.15) is 12.8 Å². The first-order valence-electron chi connectivity index (χ1n) is 2.80. The second kappa shape index (κ2) is 2.19. The van der Waals surface area contributed by atoms with Gasteiger partial charge in [-0.3, -0.25) is 0 Å². The van der Waals surface area contributed by atoms with Gasteiger partial charge in [0.15, 0.2) is 0 Å². The minimum absolute atomic E-state index is 0.301. The first-order valence-corrected chi connectivity index (χ1v) is 2.80. The van der Waals surface area contributed by atoms with Gasteiger partial charge in [-0.05, 0) is 6.42 Å². The molecule has 1 aliphatic rings. The summed E-state index contributed by atoms with van der Waals surface area (Å²) in [6, 6.07) is 0. The van der Waals surface area contributed by atoms with Crippen molar-refractivity contribution in [2.45, 2.75) is 18.9 Å². The Morgan fingerprint density at radius 1 is 1.78 bits per heavy atom. The molecule has 1 atom stereocenters. The van der Waals surface area contributed by atoms with Crippen LogP contribution < -0.4 is 0 Å². The number of carboxylic acid groups (broad SMARTS) is 1. The maximum atomic E-state index is 10.2. The maximum Gasteiger partial charge on any atom is 0.331 e. The summed E-state index contributed by atoms with van der Waals surface area (Å²) in [7, 11) is 0. The summed E-state index contributed by atoms with van der Waals surface area (Å²) < 4.78 is 0. The van der Waals surface area contributed by atoms with Crippen LogP contribution in [0, 0.1) is 0 Å². The van der Waals surface area contributed by atoms with E-state index in [-0.39, 0.29) is 0 Å². The van der Waals surface area contributed by atoms with Crippen molar-refractivity contribution in [2.75, 3.05) is 0 Å². The number of hydrogen-bond acceptors (Lipinski definition) is 2. The fraction of sp³-hybridized carbons (Fsp3) is 0.500. The molecular formula is C6H8O3. The van der Waals surface area contributed by atoms with Gasteiger partial charge in [0.05, 0.1) is 6.10 Å². The molecule has 0 saturated carbocycles. The van der Waals surface area contributed by atoms with Gasteiger partial charge in [0.25, 0.3) is 0 Å². The molecule has 0 spiro atoms. The maximum absolute atomic E-state index is 10.2. The highest BCUT2D eigenvalue weighted by Crippen LogP contribution is 2.17. The van der Waals surface area contributed by atoms with E-state index in [4.69, 9.17) is 10.2 Å². The van der Waals surface area contributed by atoms with Gasteiger partial charge in [-0.25, -0.2) is 4.79 Å². The number of aliphatic carboxylic acids is 1. The van der Waals surface area contributed by atoms with Crippen molar-refractivity contribution >= 4 is 5.97 Å². The number of carbonyl (C=O) groups is 1. The highest BCUT2D eigenvalue weighted by molar-refractivity contribution is 5.87. The Labute approximate surface area is 52.6 Å². The lowest BCUT2D eigenvalue weighted by Gasteiger charge is -1.96. The first-order chi connectivity index (χ1) is 4.20. The lowest BCUT2D eigenvalue weighted by Crippen LogP contribution is -2.03. The third-order valence-corrected chi connectivity index (χ3v) is 1.37. The van der Waals surface area contributed by atoms with E-state index in [2.05, 4.69) is 0 Å². The molecule has 0 unspecified atom stereocenters. The topological polar surface area (TPSA) is 57.5 Å². The Hall–Kier alpha value is -0.830. The van der Waals surface area contributed by atoms with Crippen molar-refractivity contribution in [3.63, 3.8) is 0 Å². The summed E-state index contributed by atoms with van der Waals surface area (Å²) in [5, 5.41) is 17.2. The lowest BCUT2D eigenvalue weighted by atomic mass is 10.2. The van der Waals surface area contributed by atoms with Gasteiger partial charge in [-0.1, -0.05) is 6.08 Å². The smallest absolute Gasteiger partial charge is 0.331 e. The molecule has 0 amide bonds. The van der Waals surface area contributed by atoms with Gasteiger partial charge in [0.1, 0.15) is 0 Å². The molecule has 0 aromatic carbocycles. The molecule has 0 bridgehead atoms. The molecule has 0 saturated heterocycles. The molecule has 2 N–H and O–H groups in total. The van der Waals surface area contributed by atoms with Crippen molar-refractivity contribution < 1.29 is 15.0 Å². The van der Waals surface area contributed by atoms with Crippen LogP contribution in [0.25, 0.3) is 0 Å². The number of carboxylic acids is 1. The Kier molecular flexibility index (Phi) is 1.53. The zero-order chi connectivity index (χ0) is 6.85. The highest BCUT2D eigenvalue weighted by Gasteiger charge is 2.18. The molecule has 0 fully saturated rings. The van der Waals surface area contributed by atoms with Crippen molar-refractivity contribution in [3.8, 4) is 0 Å². The molecule has 0 aromatic heterocycles. The Bertz CT molecular complexity index is 160. The summed E-state index contributed by atoms with van der Waals surface area (Å²) in [6.07, 6.45) is 1.89. The van der Waals surface area contributed by atoms with Crippen LogP contribution in [-0.4, -0.2) is 22.3 Å². The molecule has 0 aliphatic heterocycles. The predicted octanol–water partition coefficient (Wildman–Crippen LogP) is 0.152. The molecule has 0 aromatic rings. The van der Waals surface area contributed by atoms with Crippen LogP contribution in [0.3, 0.4) is 0 Å². The Morgan fingerprint density at radius 2 is 2.44 bits per heavy atom. The fourth-order valence-corrected chi connectivity index (χ4v) is 0.873. The van der Waals surface area contributed by atoms with Crippen molar-refractivity contribution in [1.29, 1.82) is 0 Å². The molecule has 0 heterocycles. The van der Waals surface area contributed by atoms with E-state index in [1.54, 1.807) is 6.08 Å². The highest BCUT2D eigenvalue weighted by atomic mass is 16.4. The number of hydrogen-bond donors (Lipinski definition) is 2. The number of aliphatic hydroxyl groups excluding tert-OH is 1. The molecule has 3 heteroatoms. The molecule has 3 nitrogen and oxygen atoms in total. The third-order valence-electron chi connectivity index (χ3n) is 1.37. The third kappa shape index (κ3) is 1.29. The van der Waals surface area contributed by atoms with E-state index in [1.807, 2.05) is 0 Å². The minimum atomic E-state index is -0.911. The standard InChI is InChI=1S/C6H8O3/c7-5-2-1-4(3-5)6(8)9/h1,5,7H,2-3H2,(H,8,9)/t5-/m1/s1. The molecule has 50 valence electrons. The normalized spacial score (nSPS) is 25.9. The molecule has 1 aliphatic carbocycles. The summed E-state index contributed by atoms with van der Waals surface area (Å²) >= 11 is 0. The Morgan fingerprint density at radius 3 is 2.67 bits per heavy atom. The van der Waals surface area contributed by atoms with E-state index >= 15 is 0 Å². The summed E-state index contributed by atoms with van der Waals surface area (Å²) in [6.45, 7) is 0. The second-order valence-corrected chi connectivity index (χ2v) is 2.13. The zero-order valence-electron chi connectivity index (χ0n) is 4.87. The molecule has 0 radical (unpaired) electrons. The van der Waals surface area contributed by atoms with E-state index in [1.165, 1.54) is 0 Å². The van der Waals surface area contributed by atoms with Gasteiger partial charge in [0.2, 0.25) is 0 Å². The van der Waals surface area contributed by atoms with E-state index in [9.17, 15) is 4.79 Å². The molecular weight excluding hydrogens is 120 g/mol. The van der Waals surface area contributed by atoms with Crippen LogP contribution in [0.2, 0.25) is 0 Å². The average molecular weight is 128 g/mol. The van der Waals surface area contributed by atoms with E-state index in [0.29, 0.717) is 18.4 Å². The largest absolute Gasteiger partial charge is 0.478 e.